The van der Waals surface area contributed by atoms with E-state index in [1.165, 1.54) is 21.0 Å². The van der Waals surface area contributed by atoms with E-state index in [2.05, 4.69) is 11.4 Å². The number of hydrogen-bond donors (Lipinski definition) is 1. The molecule has 11 heteroatoms. The third-order valence-corrected chi connectivity index (χ3v) is 10.5. The van der Waals surface area contributed by atoms with Crippen LogP contribution in [0.15, 0.2) is 76.4 Å². The van der Waals surface area contributed by atoms with Gasteiger partial charge in [0.05, 0.1) is 26.7 Å². The number of benzene rings is 3. The average Bonchev–Trinajstić information content (AvgIpc) is 3.34. The molecular weight excluding hydrogens is 595 g/mol. The monoisotopic (exact) mass is 623 g/mol. The fraction of sp³-hybridized carbons (Fsp3) is 0.212. The summed E-state index contributed by atoms with van der Waals surface area (Å²) in [5, 5.41) is 22.0. The number of aromatic nitrogens is 1. The predicted octanol–water partition coefficient (Wildman–Crippen LogP) is 3.70. The van der Waals surface area contributed by atoms with Crippen molar-refractivity contribution in [2.24, 2.45) is 0 Å². The molecule has 2 heterocycles. The molecule has 1 aromatic heterocycles. The Labute approximate surface area is 259 Å². The summed E-state index contributed by atoms with van der Waals surface area (Å²) in [7, 11) is -3.74. The quantitative estimate of drug-likeness (QED) is 0.348. The highest BCUT2D eigenvalue weighted by atomic mass is 32.2. The molecule has 222 valence electrons. The van der Waals surface area contributed by atoms with Gasteiger partial charge in [-0.3, -0.25) is 14.2 Å². The summed E-state index contributed by atoms with van der Waals surface area (Å²) in [5.74, 6) is -0.774. The number of anilines is 1. The van der Waals surface area contributed by atoms with Gasteiger partial charge in [-0.1, -0.05) is 30.7 Å². The molecule has 44 heavy (non-hydrogen) atoms. The normalized spacial score (nSPS) is 14.9. The molecule has 0 saturated carbocycles. The number of nitrogens with one attached hydrogen (secondary N) is 1. The van der Waals surface area contributed by atoms with E-state index in [9.17, 15) is 23.3 Å². The van der Waals surface area contributed by atoms with Gasteiger partial charge < -0.3 is 5.32 Å². The summed E-state index contributed by atoms with van der Waals surface area (Å²) < 4.78 is 29.7. The van der Waals surface area contributed by atoms with Gasteiger partial charge in [-0.2, -0.15) is 14.8 Å². The van der Waals surface area contributed by atoms with Crippen LogP contribution in [0.25, 0.3) is 17.3 Å². The van der Waals surface area contributed by atoms with Crippen LogP contribution >= 0.6 is 11.3 Å². The van der Waals surface area contributed by atoms with Crippen molar-refractivity contribution in [2.75, 3.05) is 18.4 Å². The molecule has 0 aliphatic carbocycles. The van der Waals surface area contributed by atoms with E-state index in [1.54, 1.807) is 48.5 Å². The van der Waals surface area contributed by atoms with Crippen molar-refractivity contribution in [1.29, 1.82) is 10.5 Å². The lowest BCUT2D eigenvalue weighted by atomic mass is 10.1. The number of sulfonamides is 1. The molecule has 1 saturated heterocycles. The predicted molar refractivity (Wildman–Crippen MR) is 170 cm³/mol. The maximum atomic E-state index is 13.8. The van der Waals surface area contributed by atoms with E-state index in [-0.39, 0.29) is 25.4 Å². The van der Waals surface area contributed by atoms with Gasteiger partial charge in [0.15, 0.2) is 5.57 Å². The van der Waals surface area contributed by atoms with E-state index in [0.717, 1.165) is 41.7 Å². The summed E-state index contributed by atoms with van der Waals surface area (Å²) in [4.78, 5) is 27.4. The lowest BCUT2D eigenvalue weighted by Gasteiger charge is -2.26. The van der Waals surface area contributed by atoms with Crippen molar-refractivity contribution in [3.8, 4) is 17.8 Å². The van der Waals surface area contributed by atoms with Crippen LogP contribution < -0.4 is 20.1 Å². The number of nitrogens with zero attached hydrogens (tertiary/aromatic N) is 4. The van der Waals surface area contributed by atoms with Gasteiger partial charge in [-0.05, 0) is 91.9 Å². The molecule has 1 aliphatic heterocycles. The van der Waals surface area contributed by atoms with Gasteiger partial charge in [-0.25, -0.2) is 8.42 Å². The number of amides is 1. The summed E-state index contributed by atoms with van der Waals surface area (Å²) in [5.41, 5.74) is 3.10. The Morgan fingerprint density at radius 1 is 0.955 bits per heavy atom. The standard InChI is InChI=1S/C33H29N5O4S2/c1-22-9-14-27(17-23(22)2)38-32(40)30(18-24-10-12-25(20-34)13-11-24)43-33(38)29(21-35)31(39)36-26-7-6-8-28(19-26)44(41,42)37-15-4-3-5-16-37/h6-14,17-19H,3-5,15-16H2,1-2H3,(H,36,39). The lowest BCUT2D eigenvalue weighted by molar-refractivity contribution is -0.111. The van der Waals surface area contributed by atoms with E-state index in [1.807, 2.05) is 32.0 Å². The molecule has 1 aliphatic rings. The average molecular weight is 624 g/mol. The zero-order chi connectivity index (χ0) is 31.4. The molecular formula is C33H29N5O4S2. The Balaban J connectivity index is 1.61. The second-order valence-corrected chi connectivity index (χ2v) is 13.5. The first-order valence-electron chi connectivity index (χ1n) is 14.0. The molecule has 0 atom stereocenters. The summed E-state index contributed by atoms with van der Waals surface area (Å²) in [6.45, 7) is 4.75. The number of aryl methyl sites for hydroxylation is 2. The summed E-state index contributed by atoms with van der Waals surface area (Å²) >= 11 is 1.00. The Kier molecular flexibility index (Phi) is 8.93. The minimum Gasteiger partial charge on any atom is -0.321 e. The summed E-state index contributed by atoms with van der Waals surface area (Å²) in [6, 6.07) is 22.1. The van der Waals surface area contributed by atoms with Gasteiger partial charge in [0, 0.05) is 18.8 Å². The number of nitriles is 2. The van der Waals surface area contributed by atoms with Crippen molar-refractivity contribution in [1.82, 2.24) is 8.87 Å². The highest BCUT2D eigenvalue weighted by molar-refractivity contribution is 7.89. The fourth-order valence-corrected chi connectivity index (χ4v) is 7.60. The molecule has 5 rings (SSSR count). The maximum Gasteiger partial charge on any atom is 0.273 e. The van der Waals surface area contributed by atoms with Crippen LogP contribution in [0.2, 0.25) is 0 Å². The number of rotatable bonds is 6. The molecule has 0 unspecified atom stereocenters. The van der Waals surface area contributed by atoms with Crippen LogP contribution in [-0.2, 0) is 14.8 Å². The molecule has 4 aromatic rings. The first-order valence-corrected chi connectivity index (χ1v) is 16.3. The first-order chi connectivity index (χ1) is 21.1. The van der Waals surface area contributed by atoms with Crippen LogP contribution in [-0.4, -0.2) is 36.3 Å². The Morgan fingerprint density at radius 3 is 2.34 bits per heavy atom. The van der Waals surface area contributed by atoms with Crippen molar-refractivity contribution in [3.63, 3.8) is 0 Å². The second-order valence-electron chi connectivity index (χ2n) is 10.5. The Morgan fingerprint density at radius 2 is 1.68 bits per heavy atom. The Bertz CT molecular complexity index is 2130. The topological polar surface area (TPSA) is 136 Å². The molecule has 9 nitrogen and oxygen atoms in total. The number of carbonyl (C=O) groups is 1. The van der Waals surface area contributed by atoms with E-state index in [4.69, 9.17) is 5.26 Å². The molecule has 1 amide bonds. The van der Waals surface area contributed by atoms with Gasteiger partial charge >= 0.3 is 0 Å². The van der Waals surface area contributed by atoms with Crippen molar-refractivity contribution >= 4 is 44.6 Å². The minimum absolute atomic E-state index is 0.0539. The third-order valence-electron chi connectivity index (χ3n) is 7.51. The van der Waals surface area contributed by atoms with Crippen LogP contribution in [0.3, 0.4) is 0 Å². The smallest absolute Gasteiger partial charge is 0.273 e. The van der Waals surface area contributed by atoms with E-state index in [0.29, 0.717) is 29.9 Å². The molecule has 0 bridgehead atoms. The first kappa shape index (κ1) is 30.6. The second kappa shape index (κ2) is 12.8. The van der Waals surface area contributed by atoms with Crippen molar-refractivity contribution in [2.45, 2.75) is 38.0 Å². The molecule has 1 fully saturated rings. The zero-order valence-electron chi connectivity index (χ0n) is 24.2. The van der Waals surface area contributed by atoms with Crippen LogP contribution in [0.1, 0.15) is 41.5 Å². The lowest BCUT2D eigenvalue weighted by Crippen LogP contribution is -2.35. The number of piperidine rings is 1. The van der Waals surface area contributed by atoms with Crippen LogP contribution in [0.4, 0.5) is 5.69 Å². The van der Waals surface area contributed by atoms with Crippen LogP contribution in [0.5, 0.6) is 0 Å². The molecule has 1 N–H and O–H groups in total. The largest absolute Gasteiger partial charge is 0.321 e. The molecule has 0 radical (unpaired) electrons. The number of thiazole rings is 1. The minimum atomic E-state index is -3.74. The van der Waals surface area contributed by atoms with Crippen molar-refractivity contribution in [3.05, 3.63) is 109 Å². The van der Waals surface area contributed by atoms with E-state index < -0.39 is 21.5 Å². The fourth-order valence-electron chi connectivity index (χ4n) is 4.93. The highest BCUT2D eigenvalue weighted by Crippen LogP contribution is 2.23. The van der Waals surface area contributed by atoms with Gasteiger partial charge in [-0.15, -0.1) is 11.3 Å². The van der Waals surface area contributed by atoms with Crippen LogP contribution in [0, 0.1) is 36.5 Å². The zero-order valence-corrected chi connectivity index (χ0v) is 25.8. The number of hydrogen-bond acceptors (Lipinski definition) is 7. The van der Waals surface area contributed by atoms with Crippen molar-refractivity contribution < 1.29 is 13.2 Å². The van der Waals surface area contributed by atoms with Gasteiger partial charge in [0.1, 0.15) is 10.7 Å². The summed E-state index contributed by atoms with van der Waals surface area (Å²) in [6.07, 6.45) is 4.22. The molecule has 0 spiro atoms. The maximum absolute atomic E-state index is 13.8. The SMILES string of the molecule is Cc1ccc(-n2c(=C(C#N)C(=O)Nc3cccc(S(=O)(=O)N4CCCCC4)c3)sc(=Cc3ccc(C#N)cc3)c2=O)cc1C. The number of carbonyl (C=O) groups excluding carboxylic acids is 1. The van der Waals surface area contributed by atoms with Gasteiger partial charge in [0.2, 0.25) is 10.0 Å². The van der Waals surface area contributed by atoms with Gasteiger partial charge in [0.25, 0.3) is 11.5 Å². The van der Waals surface area contributed by atoms with E-state index >= 15 is 0 Å². The Hall–Kier alpha value is -4.81. The highest BCUT2D eigenvalue weighted by Gasteiger charge is 2.26. The molecule has 3 aromatic carbocycles. The third kappa shape index (κ3) is 6.26.